The van der Waals surface area contributed by atoms with Crippen LogP contribution in [0.25, 0.3) is 0 Å². The highest BCUT2D eigenvalue weighted by molar-refractivity contribution is 8.00. The molecular formula is C18H25NO4S. The maximum Gasteiger partial charge on any atom is 0.305 e. The quantitative estimate of drug-likeness (QED) is 0.739. The summed E-state index contributed by atoms with van der Waals surface area (Å²) in [6.45, 7) is 5.26. The number of aliphatic carboxylic acids is 1. The van der Waals surface area contributed by atoms with E-state index in [2.05, 4.69) is 31.3 Å². The Hall–Kier alpha value is -1.53. The first-order valence-corrected chi connectivity index (χ1v) is 9.22. The molecule has 0 saturated carbocycles. The number of thioether (sulfide) groups is 1. The van der Waals surface area contributed by atoms with E-state index in [1.165, 1.54) is 17.3 Å². The van der Waals surface area contributed by atoms with Crippen molar-refractivity contribution in [1.82, 2.24) is 5.32 Å². The number of carbonyl (C=O) groups excluding carboxylic acids is 1. The van der Waals surface area contributed by atoms with Gasteiger partial charge in [0.05, 0.1) is 17.7 Å². The summed E-state index contributed by atoms with van der Waals surface area (Å²) in [6.07, 6.45) is 1.02. The van der Waals surface area contributed by atoms with Crippen LogP contribution in [0.1, 0.15) is 44.6 Å². The summed E-state index contributed by atoms with van der Waals surface area (Å²) in [5, 5.41) is 12.1. The van der Waals surface area contributed by atoms with E-state index in [1.807, 2.05) is 12.1 Å². The molecule has 0 bridgehead atoms. The number of rotatable bonds is 7. The third kappa shape index (κ3) is 5.53. The van der Waals surface area contributed by atoms with Crippen LogP contribution >= 0.6 is 11.8 Å². The molecule has 5 nitrogen and oxygen atoms in total. The Kier molecular flexibility index (Phi) is 6.69. The molecule has 0 aromatic heterocycles. The van der Waals surface area contributed by atoms with Crippen molar-refractivity contribution in [3.8, 4) is 0 Å². The van der Waals surface area contributed by atoms with Crippen LogP contribution in [0.4, 0.5) is 0 Å². The highest BCUT2D eigenvalue weighted by Crippen LogP contribution is 2.26. The van der Waals surface area contributed by atoms with Gasteiger partial charge in [0, 0.05) is 18.1 Å². The first-order chi connectivity index (χ1) is 11.4. The maximum atomic E-state index is 12.3. The summed E-state index contributed by atoms with van der Waals surface area (Å²) in [7, 11) is 0. The molecule has 0 unspecified atom stereocenters. The zero-order valence-corrected chi connectivity index (χ0v) is 15.0. The van der Waals surface area contributed by atoms with Gasteiger partial charge in [0.2, 0.25) is 5.91 Å². The highest BCUT2D eigenvalue weighted by Gasteiger charge is 2.36. The predicted octanol–water partition coefficient (Wildman–Crippen LogP) is 3.04. The summed E-state index contributed by atoms with van der Waals surface area (Å²) in [5.41, 5.74) is 0.592. The van der Waals surface area contributed by atoms with E-state index >= 15 is 0 Å². The smallest absolute Gasteiger partial charge is 0.305 e. The van der Waals surface area contributed by atoms with Crippen LogP contribution in [0.15, 0.2) is 29.2 Å². The summed E-state index contributed by atoms with van der Waals surface area (Å²) in [6, 6.07) is 8.20. The van der Waals surface area contributed by atoms with Crippen molar-refractivity contribution in [3.63, 3.8) is 0 Å². The minimum absolute atomic E-state index is 0.0597. The zero-order chi connectivity index (χ0) is 17.6. The fourth-order valence-corrected chi connectivity index (χ4v) is 3.53. The first kappa shape index (κ1) is 18.8. The number of benzene rings is 1. The van der Waals surface area contributed by atoms with Gasteiger partial charge in [0.1, 0.15) is 0 Å². The Labute approximate surface area is 147 Å². The normalized spacial score (nSPS) is 16.8. The largest absolute Gasteiger partial charge is 0.481 e. The zero-order valence-electron chi connectivity index (χ0n) is 14.2. The Balaban J connectivity index is 1.89. The number of ether oxygens (including phenoxy) is 1. The van der Waals surface area contributed by atoms with Gasteiger partial charge in [0.25, 0.3) is 0 Å². The molecule has 1 saturated heterocycles. The number of nitrogens with one attached hydrogen (secondary N) is 1. The molecule has 0 spiro atoms. The third-order valence-corrected chi connectivity index (χ3v) is 5.27. The summed E-state index contributed by atoms with van der Waals surface area (Å²) < 4.78 is 5.30. The summed E-state index contributed by atoms with van der Waals surface area (Å²) in [4.78, 5) is 24.4. The minimum atomic E-state index is -0.894. The Morgan fingerprint density at radius 1 is 1.25 bits per heavy atom. The van der Waals surface area contributed by atoms with Gasteiger partial charge in [-0.3, -0.25) is 9.59 Å². The molecule has 24 heavy (non-hydrogen) atoms. The summed E-state index contributed by atoms with van der Waals surface area (Å²) >= 11 is 1.46. The molecule has 1 fully saturated rings. The monoisotopic (exact) mass is 351 g/mol. The molecule has 1 amide bonds. The molecule has 1 aliphatic heterocycles. The lowest BCUT2D eigenvalue weighted by Gasteiger charge is -2.36. The molecule has 2 N–H and O–H groups in total. The molecule has 2 rings (SSSR count). The minimum Gasteiger partial charge on any atom is -0.481 e. The van der Waals surface area contributed by atoms with E-state index in [1.54, 1.807) is 0 Å². The van der Waals surface area contributed by atoms with Crippen LogP contribution < -0.4 is 5.32 Å². The fraction of sp³-hybridized carbons (Fsp3) is 0.556. The Morgan fingerprint density at radius 3 is 2.42 bits per heavy atom. The van der Waals surface area contributed by atoms with Crippen molar-refractivity contribution in [3.05, 3.63) is 29.8 Å². The molecule has 132 valence electrons. The molecular weight excluding hydrogens is 326 g/mol. The number of carbonyl (C=O) groups is 2. The maximum absolute atomic E-state index is 12.3. The van der Waals surface area contributed by atoms with Crippen LogP contribution in [0.5, 0.6) is 0 Å². The van der Waals surface area contributed by atoms with Gasteiger partial charge >= 0.3 is 5.97 Å². The average molecular weight is 351 g/mol. The fourth-order valence-electron chi connectivity index (χ4n) is 2.83. The standard InChI is InChI=1S/C18H25NO4S/c1-13(2)14-3-5-15(6-4-14)24-12-16(20)19-18(11-17(21)22)7-9-23-10-8-18/h3-6,13H,7-12H2,1-2H3,(H,19,20)(H,21,22). The van der Waals surface area contributed by atoms with Crippen LogP contribution in [0.2, 0.25) is 0 Å². The lowest BCUT2D eigenvalue weighted by atomic mass is 9.86. The average Bonchev–Trinajstić information content (AvgIpc) is 2.53. The van der Waals surface area contributed by atoms with Gasteiger partial charge in [-0.05, 0) is 36.5 Å². The Bertz CT molecular complexity index is 565. The van der Waals surface area contributed by atoms with E-state index in [0.717, 1.165) is 4.90 Å². The van der Waals surface area contributed by atoms with Crippen LogP contribution in [-0.2, 0) is 14.3 Å². The SMILES string of the molecule is CC(C)c1ccc(SCC(=O)NC2(CC(=O)O)CCOCC2)cc1. The molecule has 1 aromatic rings. The number of hydrogen-bond acceptors (Lipinski definition) is 4. The predicted molar refractivity (Wildman–Crippen MR) is 94.4 cm³/mol. The molecule has 0 aliphatic carbocycles. The number of hydrogen-bond donors (Lipinski definition) is 2. The van der Waals surface area contributed by atoms with Crippen molar-refractivity contribution >= 4 is 23.6 Å². The number of carboxylic acid groups (broad SMARTS) is 1. The van der Waals surface area contributed by atoms with E-state index in [4.69, 9.17) is 9.84 Å². The van der Waals surface area contributed by atoms with Crippen molar-refractivity contribution in [1.29, 1.82) is 0 Å². The third-order valence-electron chi connectivity index (χ3n) is 4.26. The molecule has 1 aliphatic rings. The van der Waals surface area contributed by atoms with Crippen molar-refractivity contribution in [2.24, 2.45) is 0 Å². The van der Waals surface area contributed by atoms with Gasteiger partial charge < -0.3 is 15.2 Å². The molecule has 1 heterocycles. The molecule has 6 heteroatoms. The number of amides is 1. The lowest BCUT2D eigenvalue weighted by molar-refractivity contribution is -0.140. The Morgan fingerprint density at radius 2 is 1.88 bits per heavy atom. The van der Waals surface area contributed by atoms with E-state index in [0.29, 0.717) is 32.0 Å². The van der Waals surface area contributed by atoms with Gasteiger partial charge in [0.15, 0.2) is 0 Å². The van der Waals surface area contributed by atoms with Gasteiger partial charge in [-0.25, -0.2) is 0 Å². The summed E-state index contributed by atoms with van der Waals surface area (Å²) in [5.74, 6) is -0.259. The van der Waals surface area contributed by atoms with E-state index < -0.39 is 11.5 Å². The topological polar surface area (TPSA) is 75.6 Å². The molecule has 0 radical (unpaired) electrons. The van der Waals surface area contributed by atoms with Gasteiger partial charge in [-0.15, -0.1) is 11.8 Å². The van der Waals surface area contributed by atoms with Gasteiger partial charge in [-0.2, -0.15) is 0 Å². The van der Waals surface area contributed by atoms with E-state index in [9.17, 15) is 9.59 Å². The lowest BCUT2D eigenvalue weighted by Crippen LogP contribution is -2.53. The van der Waals surface area contributed by atoms with E-state index in [-0.39, 0.29) is 18.1 Å². The van der Waals surface area contributed by atoms with Crippen molar-refractivity contribution in [2.45, 2.75) is 49.5 Å². The van der Waals surface area contributed by atoms with Gasteiger partial charge in [-0.1, -0.05) is 26.0 Å². The van der Waals surface area contributed by atoms with Crippen LogP contribution in [0.3, 0.4) is 0 Å². The van der Waals surface area contributed by atoms with Crippen molar-refractivity contribution in [2.75, 3.05) is 19.0 Å². The highest BCUT2D eigenvalue weighted by atomic mass is 32.2. The van der Waals surface area contributed by atoms with Crippen LogP contribution in [0, 0.1) is 0 Å². The first-order valence-electron chi connectivity index (χ1n) is 8.23. The molecule has 0 atom stereocenters. The second kappa shape index (κ2) is 8.53. The second-order valence-electron chi connectivity index (χ2n) is 6.52. The second-order valence-corrected chi connectivity index (χ2v) is 7.57. The van der Waals surface area contributed by atoms with Crippen molar-refractivity contribution < 1.29 is 19.4 Å². The number of carboxylic acids is 1. The van der Waals surface area contributed by atoms with Crippen LogP contribution in [-0.4, -0.2) is 41.5 Å². The molecule has 1 aromatic carbocycles.